The Morgan fingerprint density at radius 3 is 2.79 bits per heavy atom. The number of halogens is 1. The van der Waals surface area contributed by atoms with E-state index in [1.165, 1.54) is 5.56 Å². The lowest BCUT2D eigenvalue weighted by atomic mass is 10.2. The van der Waals surface area contributed by atoms with Crippen molar-refractivity contribution >= 4 is 17.4 Å². The average Bonchev–Trinajstić information content (AvgIpc) is 2.40. The van der Waals surface area contributed by atoms with E-state index in [4.69, 9.17) is 16.3 Å². The molecule has 0 fully saturated rings. The largest absolute Gasteiger partial charge is 0.377 e. The van der Waals surface area contributed by atoms with Crippen molar-refractivity contribution in [2.24, 2.45) is 0 Å². The van der Waals surface area contributed by atoms with Crippen LogP contribution in [0, 0.1) is 0 Å². The molecule has 0 atom stereocenters. The van der Waals surface area contributed by atoms with Gasteiger partial charge in [0.2, 0.25) is 0 Å². The molecule has 1 N–H and O–H groups in total. The van der Waals surface area contributed by atoms with E-state index in [0.717, 1.165) is 13.0 Å². The third-order valence-corrected chi connectivity index (χ3v) is 2.68. The standard InChI is InChI=1S/C13H15ClN4O/c1-19-9-13-17-11(14)8-12(18-13)16-7-4-10-2-5-15-6-3-10/h2-3,5-6,8H,4,7,9H2,1H3,(H,16,17,18). The van der Waals surface area contributed by atoms with E-state index in [0.29, 0.717) is 23.4 Å². The van der Waals surface area contributed by atoms with Gasteiger partial charge >= 0.3 is 0 Å². The first-order chi connectivity index (χ1) is 9.28. The highest BCUT2D eigenvalue weighted by atomic mass is 35.5. The lowest BCUT2D eigenvalue weighted by Gasteiger charge is -2.07. The number of hydrogen-bond acceptors (Lipinski definition) is 5. The summed E-state index contributed by atoms with van der Waals surface area (Å²) in [7, 11) is 1.60. The summed E-state index contributed by atoms with van der Waals surface area (Å²) in [6, 6.07) is 5.68. The van der Waals surface area contributed by atoms with E-state index in [1.807, 2.05) is 12.1 Å². The van der Waals surface area contributed by atoms with Crippen molar-refractivity contribution in [1.82, 2.24) is 15.0 Å². The molecule has 0 aliphatic rings. The van der Waals surface area contributed by atoms with E-state index >= 15 is 0 Å². The summed E-state index contributed by atoms with van der Waals surface area (Å²) in [6.45, 7) is 1.11. The molecule has 2 rings (SSSR count). The minimum absolute atomic E-state index is 0.347. The fourth-order valence-corrected chi connectivity index (χ4v) is 1.83. The third-order valence-electron chi connectivity index (χ3n) is 2.48. The van der Waals surface area contributed by atoms with Gasteiger partial charge in [-0.1, -0.05) is 11.6 Å². The second kappa shape index (κ2) is 7.01. The monoisotopic (exact) mass is 278 g/mol. The van der Waals surface area contributed by atoms with Crippen LogP contribution in [0.4, 0.5) is 5.82 Å². The number of rotatable bonds is 6. The predicted octanol–water partition coefficient (Wildman–Crippen LogP) is 2.33. The maximum Gasteiger partial charge on any atom is 0.158 e. The summed E-state index contributed by atoms with van der Waals surface area (Å²) < 4.78 is 4.99. The number of ether oxygens (including phenoxy) is 1. The summed E-state index contributed by atoms with van der Waals surface area (Å²) in [5.41, 5.74) is 1.22. The second-order valence-electron chi connectivity index (χ2n) is 3.96. The molecule has 2 heterocycles. The van der Waals surface area contributed by atoms with Crippen LogP contribution in [0.1, 0.15) is 11.4 Å². The van der Waals surface area contributed by atoms with Crippen LogP contribution >= 0.6 is 11.6 Å². The number of hydrogen-bond donors (Lipinski definition) is 1. The zero-order chi connectivity index (χ0) is 13.5. The minimum Gasteiger partial charge on any atom is -0.377 e. The van der Waals surface area contributed by atoms with Gasteiger partial charge in [-0.25, -0.2) is 9.97 Å². The quantitative estimate of drug-likeness (QED) is 0.822. The van der Waals surface area contributed by atoms with E-state index < -0.39 is 0 Å². The molecular formula is C13H15ClN4O. The third kappa shape index (κ3) is 4.46. The lowest BCUT2D eigenvalue weighted by molar-refractivity contribution is 0.178. The van der Waals surface area contributed by atoms with E-state index in [2.05, 4.69) is 20.3 Å². The molecule has 19 heavy (non-hydrogen) atoms. The molecule has 0 unspecified atom stereocenters. The highest BCUT2D eigenvalue weighted by Gasteiger charge is 2.02. The Kier molecular flexibility index (Phi) is 5.06. The normalized spacial score (nSPS) is 10.4. The number of nitrogens with zero attached hydrogens (tertiary/aromatic N) is 3. The van der Waals surface area contributed by atoms with Gasteiger partial charge < -0.3 is 10.1 Å². The fourth-order valence-electron chi connectivity index (χ4n) is 1.63. The summed E-state index contributed by atoms with van der Waals surface area (Å²) in [5, 5.41) is 3.63. The Morgan fingerprint density at radius 2 is 2.05 bits per heavy atom. The Hall–Kier alpha value is -1.72. The van der Waals surface area contributed by atoms with Crippen LogP contribution in [-0.4, -0.2) is 28.6 Å². The maximum atomic E-state index is 5.93. The smallest absolute Gasteiger partial charge is 0.158 e. The van der Waals surface area contributed by atoms with Gasteiger partial charge in [-0.15, -0.1) is 0 Å². The Labute approximate surface area is 117 Å². The Bertz CT molecular complexity index is 521. The van der Waals surface area contributed by atoms with Crippen molar-refractivity contribution in [3.05, 3.63) is 47.1 Å². The molecule has 0 saturated carbocycles. The van der Waals surface area contributed by atoms with Gasteiger partial charge in [-0.3, -0.25) is 4.98 Å². The number of methoxy groups -OCH3 is 1. The molecule has 0 aromatic carbocycles. The summed E-state index contributed by atoms with van der Waals surface area (Å²) in [4.78, 5) is 12.4. The number of anilines is 1. The van der Waals surface area contributed by atoms with Crippen LogP contribution in [0.2, 0.25) is 5.15 Å². The summed E-state index contributed by atoms with van der Waals surface area (Å²) >= 11 is 5.93. The molecule has 0 spiro atoms. The molecule has 2 aromatic heterocycles. The highest BCUT2D eigenvalue weighted by molar-refractivity contribution is 6.29. The van der Waals surface area contributed by atoms with Gasteiger partial charge in [0.1, 0.15) is 17.6 Å². The Balaban J connectivity index is 1.92. The first-order valence-corrected chi connectivity index (χ1v) is 6.31. The van der Waals surface area contributed by atoms with Gasteiger partial charge in [-0.05, 0) is 24.1 Å². The molecule has 0 bridgehead atoms. The fraction of sp³-hybridized carbons (Fsp3) is 0.308. The number of nitrogens with one attached hydrogen (secondary N) is 1. The van der Waals surface area contributed by atoms with Crippen molar-refractivity contribution in [3.8, 4) is 0 Å². The topological polar surface area (TPSA) is 59.9 Å². The molecule has 6 heteroatoms. The van der Waals surface area contributed by atoms with Crippen LogP contribution in [0.25, 0.3) is 0 Å². The van der Waals surface area contributed by atoms with Crippen molar-refractivity contribution < 1.29 is 4.74 Å². The summed E-state index contributed by atoms with van der Waals surface area (Å²) in [5.74, 6) is 1.28. The first kappa shape index (κ1) is 13.7. The molecule has 5 nitrogen and oxygen atoms in total. The van der Waals surface area contributed by atoms with Gasteiger partial charge in [0.15, 0.2) is 5.82 Å². The second-order valence-corrected chi connectivity index (χ2v) is 4.34. The molecule has 0 aliphatic carbocycles. The number of aromatic nitrogens is 3. The molecule has 0 radical (unpaired) electrons. The molecule has 0 saturated heterocycles. The molecule has 100 valence electrons. The zero-order valence-corrected chi connectivity index (χ0v) is 11.4. The van der Waals surface area contributed by atoms with E-state index in [1.54, 1.807) is 25.6 Å². The van der Waals surface area contributed by atoms with Crippen LogP contribution < -0.4 is 5.32 Å². The SMILES string of the molecule is COCc1nc(Cl)cc(NCCc2ccncc2)n1. The lowest BCUT2D eigenvalue weighted by Crippen LogP contribution is -2.08. The van der Waals surface area contributed by atoms with Gasteiger partial charge in [0.25, 0.3) is 0 Å². The predicted molar refractivity (Wildman–Crippen MR) is 74.2 cm³/mol. The van der Waals surface area contributed by atoms with E-state index in [9.17, 15) is 0 Å². The van der Waals surface area contributed by atoms with Gasteiger partial charge in [0.05, 0.1) is 0 Å². The van der Waals surface area contributed by atoms with Crippen LogP contribution in [0.3, 0.4) is 0 Å². The minimum atomic E-state index is 0.347. The average molecular weight is 279 g/mol. The number of pyridine rings is 1. The first-order valence-electron chi connectivity index (χ1n) is 5.93. The Morgan fingerprint density at radius 1 is 1.26 bits per heavy atom. The highest BCUT2D eigenvalue weighted by Crippen LogP contribution is 2.12. The maximum absolute atomic E-state index is 5.93. The van der Waals surface area contributed by atoms with Crippen LogP contribution in [0.5, 0.6) is 0 Å². The van der Waals surface area contributed by atoms with Crippen LogP contribution in [0.15, 0.2) is 30.6 Å². The molecule has 0 aliphatic heterocycles. The van der Waals surface area contributed by atoms with Gasteiger partial charge in [0, 0.05) is 32.1 Å². The van der Waals surface area contributed by atoms with Crippen molar-refractivity contribution in [2.45, 2.75) is 13.0 Å². The summed E-state index contributed by atoms with van der Waals surface area (Å²) in [6.07, 6.45) is 4.46. The van der Waals surface area contributed by atoms with Crippen molar-refractivity contribution in [2.75, 3.05) is 19.0 Å². The molecular weight excluding hydrogens is 264 g/mol. The van der Waals surface area contributed by atoms with Crippen molar-refractivity contribution in [1.29, 1.82) is 0 Å². The zero-order valence-electron chi connectivity index (χ0n) is 10.6. The molecule has 2 aromatic rings. The molecule has 0 amide bonds. The van der Waals surface area contributed by atoms with Crippen molar-refractivity contribution in [3.63, 3.8) is 0 Å². The van der Waals surface area contributed by atoms with Crippen LogP contribution in [-0.2, 0) is 17.8 Å². The van der Waals surface area contributed by atoms with Gasteiger partial charge in [-0.2, -0.15) is 0 Å². The van der Waals surface area contributed by atoms with E-state index in [-0.39, 0.29) is 0 Å².